The standard InChI is InChI=1S/C29H31N3O4/c1-30(26(20-31-14-5-6-15-31)23-10-7-11-24(33)18-23)28(34)17-22-12-13-27-25(16-22)32(29(35)36-27)19-21-8-3-2-4-9-21/h2-4,7-13,16,18,26,33H,5-6,14-15,17,19-20H2,1H3/t26-/m1/s1. The molecule has 36 heavy (non-hydrogen) atoms. The number of likely N-dealkylation sites (N-methyl/N-ethyl adjacent to an activating group) is 1. The maximum absolute atomic E-state index is 13.5. The lowest BCUT2D eigenvalue weighted by Gasteiger charge is -2.32. The van der Waals surface area contributed by atoms with E-state index in [1.807, 2.05) is 61.6 Å². The molecular weight excluding hydrogens is 454 g/mol. The van der Waals surface area contributed by atoms with Crippen molar-refractivity contribution in [3.8, 4) is 5.75 Å². The minimum absolute atomic E-state index is 0.0256. The van der Waals surface area contributed by atoms with E-state index in [-0.39, 0.29) is 24.1 Å². The Bertz CT molecular complexity index is 1400. The van der Waals surface area contributed by atoms with E-state index in [4.69, 9.17) is 4.42 Å². The van der Waals surface area contributed by atoms with Gasteiger partial charge in [-0.3, -0.25) is 9.36 Å². The molecule has 7 nitrogen and oxygen atoms in total. The Morgan fingerprint density at radius 1 is 1.00 bits per heavy atom. The van der Waals surface area contributed by atoms with Crippen LogP contribution in [0.3, 0.4) is 0 Å². The number of hydrogen-bond acceptors (Lipinski definition) is 5. The molecule has 1 fully saturated rings. The van der Waals surface area contributed by atoms with Crippen LogP contribution in [0.15, 0.2) is 82.0 Å². The number of likely N-dealkylation sites (tertiary alicyclic amines) is 1. The van der Waals surface area contributed by atoms with Crippen LogP contribution in [-0.4, -0.2) is 52.1 Å². The van der Waals surface area contributed by atoms with E-state index in [0.29, 0.717) is 17.6 Å². The Hall–Kier alpha value is -3.84. The van der Waals surface area contributed by atoms with Gasteiger partial charge in [-0.15, -0.1) is 0 Å². The molecule has 0 aliphatic carbocycles. The van der Waals surface area contributed by atoms with Crippen molar-refractivity contribution in [2.24, 2.45) is 0 Å². The van der Waals surface area contributed by atoms with Gasteiger partial charge in [-0.05, 0) is 66.9 Å². The molecule has 1 N–H and O–H groups in total. The van der Waals surface area contributed by atoms with Crippen LogP contribution in [0, 0.1) is 0 Å². The highest BCUT2D eigenvalue weighted by atomic mass is 16.4. The van der Waals surface area contributed by atoms with Crippen molar-refractivity contribution < 1.29 is 14.3 Å². The fraction of sp³-hybridized carbons (Fsp3) is 0.310. The SMILES string of the molecule is CN(C(=O)Cc1ccc2oc(=O)n(Cc3ccccc3)c2c1)[C@H](CN1CCCC1)c1cccc(O)c1. The van der Waals surface area contributed by atoms with E-state index in [2.05, 4.69) is 4.90 Å². The molecule has 1 aliphatic rings. The number of phenolic OH excluding ortho intramolecular Hbond substituents is 1. The van der Waals surface area contributed by atoms with Crippen LogP contribution in [0.25, 0.3) is 11.1 Å². The molecule has 1 aliphatic heterocycles. The van der Waals surface area contributed by atoms with Crippen molar-refractivity contribution in [2.45, 2.75) is 31.8 Å². The van der Waals surface area contributed by atoms with Gasteiger partial charge >= 0.3 is 5.76 Å². The molecule has 0 spiro atoms. The Kier molecular flexibility index (Phi) is 6.91. The molecule has 4 aromatic rings. The first-order valence-electron chi connectivity index (χ1n) is 12.4. The summed E-state index contributed by atoms with van der Waals surface area (Å²) in [6.07, 6.45) is 2.53. The fourth-order valence-electron chi connectivity index (χ4n) is 5.00. The molecule has 1 saturated heterocycles. The van der Waals surface area contributed by atoms with Crippen molar-refractivity contribution in [2.75, 3.05) is 26.7 Å². The summed E-state index contributed by atoms with van der Waals surface area (Å²) in [5.74, 6) is -0.243. The summed E-state index contributed by atoms with van der Waals surface area (Å²) < 4.78 is 7.05. The van der Waals surface area contributed by atoms with E-state index >= 15 is 0 Å². The smallest absolute Gasteiger partial charge is 0.420 e. The Morgan fingerprint density at radius 2 is 1.78 bits per heavy atom. The van der Waals surface area contributed by atoms with Crippen molar-refractivity contribution in [3.05, 3.63) is 100 Å². The highest BCUT2D eigenvalue weighted by molar-refractivity contribution is 5.81. The third-order valence-electron chi connectivity index (χ3n) is 7.02. The number of carbonyl (C=O) groups excluding carboxylic acids is 1. The molecule has 7 heteroatoms. The third-order valence-corrected chi connectivity index (χ3v) is 7.02. The molecule has 1 atom stereocenters. The minimum Gasteiger partial charge on any atom is -0.508 e. The van der Waals surface area contributed by atoms with Gasteiger partial charge in [0.1, 0.15) is 5.75 Å². The van der Waals surface area contributed by atoms with Crippen LogP contribution in [0.4, 0.5) is 0 Å². The van der Waals surface area contributed by atoms with Crippen molar-refractivity contribution in [1.29, 1.82) is 0 Å². The number of amides is 1. The van der Waals surface area contributed by atoms with Gasteiger partial charge in [-0.2, -0.15) is 0 Å². The quantitative estimate of drug-likeness (QED) is 0.405. The summed E-state index contributed by atoms with van der Waals surface area (Å²) >= 11 is 0. The number of fused-ring (bicyclic) bond motifs is 1. The molecule has 1 amide bonds. The van der Waals surface area contributed by atoms with Crippen LogP contribution in [0.1, 0.15) is 35.6 Å². The minimum atomic E-state index is -0.413. The summed E-state index contributed by atoms with van der Waals surface area (Å²) in [5, 5.41) is 10.1. The van der Waals surface area contributed by atoms with E-state index in [1.54, 1.807) is 27.7 Å². The maximum atomic E-state index is 13.5. The third kappa shape index (κ3) is 5.21. The average molecular weight is 486 g/mol. The molecule has 2 heterocycles. The van der Waals surface area contributed by atoms with Gasteiger partial charge in [0.05, 0.1) is 24.5 Å². The van der Waals surface area contributed by atoms with Crippen LogP contribution < -0.4 is 5.76 Å². The lowest BCUT2D eigenvalue weighted by Crippen LogP contribution is -2.39. The molecule has 1 aromatic heterocycles. The number of nitrogens with zero attached hydrogens (tertiary/aromatic N) is 3. The van der Waals surface area contributed by atoms with Crippen molar-refractivity contribution >= 4 is 17.0 Å². The number of hydrogen-bond donors (Lipinski definition) is 1. The van der Waals surface area contributed by atoms with E-state index < -0.39 is 5.76 Å². The topological polar surface area (TPSA) is 78.9 Å². The van der Waals surface area contributed by atoms with Gasteiger partial charge in [0.15, 0.2) is 5.58 Å². The summed E-state index contributed by atoms with van der Waals surface area (Å²) in [6.45, 7) is 3.17. The number of rotatable bonds is 8. The normalized spacial score (nSPS) is 14.8. The lowest BCUT2D eigenvalue weighted by molar-refractivity contribution is -0.131. The molecule has 0 bridgehead atoms. The molecule has 186 valence electrons. The average Bonchev–Trinajstić information content (AvgIpc) is 3.50. The second-order valence-corrected chi connectivity index (χ2v) is 9.54. The summed E-state index contributed by atoms with van der Waals surface area (Å²) in [5.41, 5.74) is 3.92. The Morgan fingerprint density at radius 3 is 2.53 bits per heavy atom. The van der Waals surface area contributed by atoms with Crippen molar-refractivity contribution in [1.82, 2.24) is 14.4 Å². The zero-order chi connectivity index (χ0) is 25.1. The number of aromatic hydroxyl groups is 1. The number of aromatic nitrogens is 1. The predicted molar refractivity (Wildman–Crippen MR) is 139 cm³/mol. The summed E-state index contributed by atoms with van der Waals surface area (Å²) in [4.78, 5) is 30.1. The highest BCUT2D eigenvalue weighted by Gasteiger charge is 2.26. The first kappa shape index (κ1) is 23.9. The maximum Gasteiger partial charge on any atom is 0.420 e. The molecule has 0 saturated carbocycles. The molecule has 5 rings (SSSR count). The van der Waals surface area contributed by atoms with Crippen molar-refractivity contribution in [3.63, 3.8) is 0 Å². The van der Waals surface area contributed by atoms with E-state index in [1.165, 1.54) is 12.8 Å². The second-order valence-electron chi connectivity index (χ2n) is 9.54. The lowest BCUT2D eigenvalue weighted by atomic mass is 10.0. The van der Waals surface area contributed by atoms with E-state index in [9.17, 15) is 14.7 Å². The van der Waals surface area contributed by atoms with Crippen LogP contribution in [0.5, 0.6) is 5.75 Å². The van der Waals surface area contributed by atoms with Crippen LogP contribution in [-0.2, 0) is 17.8 Å². The summed E-state index contributed by atoms with van der Waals surface area (Å²) in [7, 11) is 1.83. The van der Waals surface area contributed by atoms with Gasteiger partial charge in [0, 0.05) is 13.6 Å². The van der Waals surface area contributed by atoms with Crippen LogP contribution in [0.2, 0.25) is 0 Å². The number of benzene rings is 3. The van der Waals surface area contributed by atoms with Gasteiger partial charge < -0.3 is 19.3 Å². The molecule has 0 radical (unpaired) electrons. The monoisotopic (exact) mass is 485 g/mol. The predicted octanol–water partition coefficient (Wildman–Crippen LogP) is 4.19. The number of phenols is 1. The van der Waals surface area contributed by atoms with E-state index in [0.717, 1.165) is 36.3 Å². The zero-order valence-corrected chi connectivity index (χ0v) is 20.5. The first-order valence-corrected chi connectivity index (χ1v) is 12.4. The largest absolute Gasteiger partial charge is 0.508 e. The van der Waals surface area contributed by atoms with Gasteiger partial charge in [-0.1, -0.05) is 48.5 Å². The molecule has 0 unspecified atom stereocenters. The van der Waals surface area contributed by atoms with Gasteiger partial charge in [-0.25, -0.2) is 4.79 Å². The summed E-state index contributed by atoms with van der Waals surface area (Å²) in [6, 6.07) is 22.2. The van der Waals surface area contributed by atoms with Gasteiger partial charge in [0.25, 0.3) is 0 Å². The zero-order valence-electron chi connectivity index (χ0n) is 20.5. The number of oxazole rings is 1. The van der Waals surface area contributed by atoms with Gasteiger partial charge in [0.2, 0.25) is 5.91 Å². The highest BCUT2D eigenvalue weighted by Crippen LogP contribution is 2.26. The first-order chi connectivity index (χ1) is 17.5. The Labute approximate surface area is 210 Å². The second kappa shape index (κ2) is 10.4. The Balaban J connectivity index is 1.38. The van der Waals surface area contributed by atoms with Crippen LogP contribution >= 0.6 is 0 Å². The molecular formula is C29H31N3O4. The molecule has 3 aromatic carbocycles. The number of carbonyl (C=O) groups is 1. The fourth-order valence-corrected chi connectivity index (χ4v) is 5.00.